The summed E-state index contributed by atoms with van der Waals surface area (Å²) in [6.07, 6.45) is 0. The summed E-state index contributed by atoms with van der Waals surface area (Å²) in [5.74, 6) is 1.95. The lowest BCUT2D eigenvalue weighted by atomic mass is 10.1. The van der Waals surface area contributed by atoms with E-state index in [1.807, 2.05) is 25.5 Å². The third kappa shape index (κ3) is 2.99. The lowest BCUT2D eigenvalue weighted by Gasteiger charge is -2.14. The largest absolute Gasteiger partial charge is 0.466 e. The van der Waals surface area contributed by atoms with Gasteiger partial charge in [0.1, 0.15) is 11.5 Å². The number of nitrogens with one attached hydrogen (secondary N) is 1. The highest BCUT2D eigenvalue weighted by molar-refractivity contribution is 9.10. The van der Waals surface area contributed by atoms with Gasteiger partial charge in [0.15, 0.2) is 0 Å². The summed E-state index contributed by atoms with van der Waals surface area (Å²) < 4.78 is 8.72. The van der Waals surface area contributed by atoms with Gasteiger partial charge in [0.05, 0.1) is 15.9 Å². The molecule has 1 unspecified atom stereocenters. The number of aromatic nitrogens is 2. The number of hydrogen-bond donors (Lipinski definition) is 1. The van der Waals surface area contributed by atoms with E-state index >= 15 is 0 Å². The molecule has 20 heavy (non-hydrogen) atoms. The van der Waals surface area contributed by atoms with E-state index < -0.39 is 0 Å². The molecule has 110 valence electrons. The average molecular weight is 340 g/mol. The molecule has 0 radical (unpaired) electrons. The second-order valence-corrected chi connectivity index (χ2v) is 5.93. The van der Waals surface area contributed by atoms with Crippen LogP contribution in [-0.2, 0) is 13.1 Å². The summed E-state index contributed by atoms with van der Waals surface area (Å²) in [6.45, 7) is 11.9. The Balaban J connectivity index is 2.11. The highest BCUT2D eigenvalue weighted by Gasteiger charge is 2.16. The van der Waals surface area contributed by atoms with E-state index in [9.17, 15) is 0 Å². The van der Waals surface area contributed by atoms with Gasteiger partial charge in [-0.15, -0.1) is 0 Å². The van der Waals surface area contributed by atoms with E-state index in [0.717, 1.165) is 34.8 Å². The monoisotopic (exact) mass is 339 g/mol. The number of hydrogen-bond acceptors (Lipinski definition) is 3. The zero-order valence-electron chi connectivity index (χ0n) is 12.7. The van der Waals surface area contributed by atoms with Gasteiger partial charge in [-0.3, -0.25) is 4.68 Å². The minimum Gasteiger partial charge on any atom is -0.466 e. The number of furan rings is 1. The first-order valence-corrected chi connectivity index (χ1v) is 7.75. The first-order chi connectivity index (χ1) is 9.43. The molecule has 4 nitrogen and oxygen atoms in total. The molecule has 2 rings (SSSR count). The Morgan fingerprint density at radius 2 is 2.10 bits per heavy atom. The van der Waals surface area contributed by atoms with Crippen LogP contribution in [0.5, 0.6) is 0 Å². The first kappa shape index (κ1) is 15.3. The van der Waals surface area contributed by atoms with Crippen molar-refractivity contribution in [1.82, 2.24) is 15.1 Å². The molecule has 1 N–H and O–H groups in total. The van der Waals surface area contributed by atoms with Crippen LogP contribution in [0.15, 0.2) is 15.0 Å². The van der Waals surface area contributed by atoms with Gasteiger partial charge in [0, 0.05) is 24.7 Å². The molecule has 5 heteroatoms. The fourth-order valence-corrected chi connectivity index (χ4v) is 2.90. The van der Waals surface area contributed by atoms with Gasteiger partial charge in [-0.05, 0) is 56.6 Å². The quantitative estimate of drug-likeness (QED) is 0.893. The van der Waals surface area contributed by atoms with Gasteiger partial charge in [0.2, 0.25) is 0 Å². The molecule has 0 fully saturated rings. The highest BCUT2D eigenvalue weighted by atomic mass is 79.9. The second kappa shape index (κ2) is 6.14. The van der Waals surface area contributed by atoms with Crippen molar-refractivity contribution >= 4 is 15.9 Å². The molecule has 2 aromatic rings. The third-order valence-corrected chi connectivity index (χ3v) is 4.61. The Labute approximate surface area is 128 Å². The van der Waals surface area contributed by atoms with Crippen molar-refractivity contribution in [3.05, 3.63) is 39.0 Å². The van der Waals surface area contributed by atoms with Crippen molar-refractivity contribution in [2.24, 2.45) is 0 Å². The van der Waals surface area contributed by atoms with Crippen molar-refractivity contribution in [3.63, 3.8) is 0 Å². The zero-order chi connectivity index (χ0) is 14.9. The Morgan fingerprint density at radius 3 is 2.65 bits per heavy atom. The maximum absolute atomic E-state index is 5.59. The van der Waals surface area contributed by atoms with E-state index in [0.29, 0.717) is 0 Å². The average Bonchev–Trinajstić information content (AvgIpc) is 2.88. The van der Waals surface area contributed by atoms with E-state index in [1.54, 1.807) is 0 Å². The standard InChI is InChI=1S/C15H22BrN3O/c1-6-19-14(15(16)11(4)18-19)8-17-10(3)13-7-9(2)20-12(13)5/h7,10,17H,6,8H2,1-5H3. The number of halogens is 1. The Hall–Kier alpha value is -1.07. The molecule has 0 spiro atoms. The van der Waals surface area contributed by atoms with Crippen LogP contribution < -0.4 is 5.32 Å². The van der Waals surface area contributed by atoms with Gasteiger partial charge < -0.3 is 9.73 Å². The lowest BCUT2D eigenvalue weighted by molar-refractivity contribution is 0.485. The molecule has 0 aliphatic heterocycles. The molecule has 1 atom stereocenters. The predicted octanol–water partition coefficient (Wildman–Crippen LogP) is 4.03. The fraction of sp³-hybridized carbons (Fsp3) is 0.533. The van der Waals surface area contributed by atoms with Crippen molar-refractivity contribution in [1.29, 1.82) is 0 Å². The van der Waals surface area contributed by atoms with Gasteiger partial charge >= 0.3 is 0 Å². The zero-order valence-corrected chi connectivity index (χ0v) is 14.3. The fourth-order valence-electron chi connectivity index (χ4n) is 2.48. The molecule has 2 aromatic heterocycles. The van der Waals surface area contributed by atoms with Crippen molar-refractivity contribution < 1.29 is 4.42 Å². The van der Waals surface area contributed by atoms with Crippen molar-refractivity contribution in [3.8, 4) is 0 Å². The summed E-state index contributed by atoms with van der Waals surface area (Å²) in [5, 5.41) is 8.06. The summed E-state index contributed by atoms with van der Waals surface area (Å²) in [4.78, 5) is 0. The molecule has 0 bridgehead atoms. The maximum Gasteiger partial charge on any atom is 0.105 e. The molecule has 0 saturated heterocycles. The molecular formula is C15H22BrN3O. The molecule has 0 amide bonds. The highest BCUT2D eigenvalue weighted by Crippen LogP contribution is 2.24. The van der Waals surface area contributed by atoms with Crippen LogP contribution in [0.4, 0.5) is 0 Å². The minimum absolute atomic E-state index is 0.250. The van der Waals surface area contributed by atoms with Crippen LogP contribution in [0, 0.1) is 20.8 Å². The van der Waals surface area contributed by atoms with Crippen LogP contribution in [0.1, 0.15) is 48.4 Å². The Kier molecular flexibility index (Phi) is 4.70. The third-order valence-electron chi connectivity index (χ3n) is 3.57. The smallest absolute Gasteiger partial charge is 0.105 e. The first-order valence-electron chi connectivity index (χ1n) is 6.96. The van der Waals surface area contributed by atoms with Crippen LogP contribution in [0.25, 0.3) is 0 Å². The normalized spacial score (nSPS) is 12.9. The van der Waals surface area contributed by atoms with Gasteiger partial charge in [-0.2, -0.15) is 5.10 Å². The molecule has 0 saturated carbocycles. The number of aryl methyl sites for hydroxylation is 4. The molecular weight excluding hydrogens is 318 g/mol. The molecule has 0 aliphatic rings. The van der Waals surface area contributed by atoms with Crippen molar-refractivity contribution in [2.45, 2.75) is 53.8 Å². The molecule has 2 heterocycles. The van der Waals surface area contributed by atoms with Gasteiger partial charge in [0.25, 0.3) is 0 Å². The van der Waals surface area contributed by atoms with E-state index in [2.05, 4.69) is 46.3 Å². The van der Waals surface area contributed by atoms with E-state index in [-0.39, 0.29) is 6.04 Å². The van der Waals surface area contributed by atoms with E-state index in [4.69, 9.17) is 4.42 Å². The van der Waals surface area contributed by atoms with Crippen LogP contribution in [0.3, 0.4) is 0 Å². The van der Waals surface area contributed by atoms with Gasteiger partial charge in [-0.25, -0.2) is 0 Å². The predicted molar refractivity (Wildman–Crippen MR) is 83.8 cm³/mol. The summed E-state index contributed by atoms with van der Waals surface area (Å²) in [7, 11) is 0. The topological polar surface area (TPSA) is 43.0 Å². The maximum atomic E-state index is 5.59. The number of rotatable bonds is 5. The second-order valence-electron chi connectivity index (χ2n) is 5.13. The summed E-state index contributed by atoms with van der Waals surface area (Å²) in [6, 6.07) is 2.35. The summed E-state index contributed by atoms with van der Waals surface area (Å²) in [5.41, 5.74) is 3.44. The van der Waals surface area contributed by atoms with Crippen LogP contribution in [0.2, 0.25) is 0 Å². The summed E-state index contributed by atoms with van der Waals surface area (Å²) >= 11 is 3.62. The van der Waals surface area contributed by atoms with E-state index in [1.165, 1.54) is 11.3 Å². The Morgan fingerprint density at radius 1 is 1.40 bits per heavy atom. The number of nitrogens with zero attached hydrogens (tertiary/aromatic N) is 2. The lowest BCUT2D eigenvalue weighted by Crippen LogP contribution is -2.20. The SMILES string of the molecule is CCn1nc(C)c(Br)c1CNC(C)c1cc(C)oc1C. The Bertz CT molecular complexity index is 601. The van der Waals surface area contributed by atoms with Crippen molar-refractivity contribution in [2.75, 3.05) is 0 Å². The minimum atomic E-state index is 0.250. The molecule has 0 aromatic carbocycles. The molecule has 0 aliphatic carbocycles. The van der Waals surface area contributed by atoms with Crippen LogP contribution >= 0.6 is 15.9 Å². The van der Waals surface area contributed by atoms with Gasteiger partial charge in [-0.1, -0.05) is 0 Å². The van der Waals surface area contributed by atoms with Crippen LogP contribution in [-0.4, -0.2) is 9.78 Å².